The zero-order valence-corrected chi connectivity index (χ0v) is 25.8. The van der Waals surface area contributed by atoms with E-state index in [2.05, 4.69) is 16.5 Å². The van der Waals surface area contributed by atoms with E-state index in [1.165, 1.54) is 0 Å². The predicted molar refractivity (Wildman–Crippen MR) is 175 cm³/mol. The lowest BCUT2D eigenvalue weighted by Gasteiger charge is -2.03. The van der Waals surface area contributed by atoms with E-state index in [1.54, 1.807) is 6.08 Å². The average molecular weight is 609 g/mol. The number of nitrogens with one attached hydrogen (secondary N) is 2. The Balaban J connectivity index is 1.91. The van der Waals surface area contributed by atoms with Crippen LogP contribution in [0.1, 0.15) is 91.0 Å². The van der Waals surface area contributed by atoms with Gasteiger partial charge in [-0.2, -0.15) is 0 Å². The number of fused-ring (bicyclic) bond motifs is 8. The normalized spacial score (nSPS) is 13.0. The zero-order valence-electron chi connectivity index (χ0n) is 25.8. The van der Waals surface area contributed by atoms with Gasteiger partial charge in [0.1, 0.15) is 0 Å². The van der Waals surface area contributed by atoms with Gasteiger partial charge in [-0.3, -0.25) is 14.4 Å². The van der Waals surface area contributed by atoms with Crippen LogP contribution in [0, 0.1) is 13.8 Å². The Bertz CT molecular complexity index is 2010. The third-order valence-electron chi connectivity index (χ3n) is 8.69. The van der Waals surface area contributed by atoms with Gasteiger partial charge in [0, 0.05) is 46.9 Å². The van der Waals surface area contributed by atoms with Gasteiger partial charge in [0.15, 0.2) is 0 Å². The molecule has 0 unspecified atom stereocenters. The van der Waals surface area contributed by atoms with Crippen molar-refractivity contribution < 1.29 is 29.7 Å². The van der Waals surface area contributed by atoms with Crippen LogP contribution in [0.25, 0.3) is 50.4 Å². The number of nitrogens with zero attached hydrogens (tertiary/aromatic N) is 2. The van der Waals surface area contributed by atoms with E-state index in [1.807, 2.05) is 52.0 Å². The van der Waals surface area contributed by atoms with Gasteiger partial charge in [0.25, 0.3) is 0 Å². The van der Waals surface area contributed by atoms with Gasteiger partial charge >= 0.3 is 17.9 Å². The van der Waals surface area contributed by atoms with Gasteiger partial charge in [-0.25, -0.2) is 9.97 Å². The average Bonchev–Trinajstić information content (AvgIpc) is 3.63. The van der Waals surface area contributed by atoms with Crippen molar-refractivity contribution in [1.29, 1.82) is 0 Å². The Morgan fingerprint density at radius 3 is 1.62 bits per heavy atom. The fourth-order valence-corrected chi connectivity index (χ4v) is 6.09. The number of carboxylic acids is 3. The summed E-state index contributed by atoms with van der Waals surface area (Å²) in [6.07, 6.45) is 2.48. The van der Waals surface area contributed by atoms with Crippen LogP contribution >= 0.6 is 0 Å². The second-order valence-electron chi connectivity index (χ2n) is 11.5. The molecule has 0 amide bonds. The standard InChI is InChI=1S/C35H36N4O6/c1-6-21-17(2)27-15-30-22(7-10-33(40)41)18(3)25(37-30)13-26-19(4)23(8-11-34(42)43)31(38-26)16-32-24(9-12-35(44)45)20(5)28(39-32)14-29(21)36-27/h6,13-16,36,39H,1,7-12H2,2-5H3,(H,40,41)(H,42,43)(H,44,45). The van der Waals surface area contributed by atoms with E-state index < -0.39 is 17.9 Å². The van der Waals surface area contributed by atoms with Crippen molar-refractivity contribution in [2.24, 2.45) is 0 Å². The Morgan fingerprint density at radius 1 is 0.644 bits per heavy atom. The lowest BCUT2D eigenvalue weighted by molar-refractivity contribution is -0.137. The van der Waals surface area contributed by atoms with E-state index in [9.17, 15) is 29.7 Å². The van der Waals surface area contributed by atoms with E-state index in [-0.39, 0.29) is 25.7 Å². The second-order valence-corrected chi connectivity index (χ2v) is 11.5. The highest BCUT2D eigenvalue weighted by molar-refractivity contribution is 5.96. The Labute approximate surface area is 259 Å². The van der Waals surface area contributed by atoms with E-state index >= 15 is 0 Å². The summed E-state index contributed by atoms with van der Waals surface area (Å²) in [6, 6.07) is 7.64. The molecule has 8 bridgehead atoms. The quantitative estimate of drug-likeness (QED) is 0.161. The number of hydrogen-bond acceptors (Lipinski definition) is 5. The predicted octanol–water partition coefficient (Wildman–Crippen LogP) is 7.18. The van der Waals surface area contributed by atoms with E-state index in [4.69, 9.17) is 9.97 Å². The topological polar surface area (TPSA) is 169 Å². The van der Waals surface area contributed by atoms with Crippen LogP contribution in [-0.2, 0) is 20.8 Å². The molecule has 10 heteroatoms. The fraction of sp³-hybridized carbons (Fsp3) is 0.286. The third kappa shape index (κ3) is 6.22. The minimum absolute atomic E-state index is 0.0437. The first-order valence-corrected chi connectivity index (χ1v) is 14.8. The van der Waals surface area contributed by atoms with E-state index in [0.717, 1.165) is 61.1 Å². The van der Waals surface area contributed by atoms with Gasteiger partial charge in [-0.1, -0.05) is 12.7 Å². The molecule has 5 rings (SSSR count). The second kappa shape index (κ2) is 12.4. The maximum atomic E-state index is 11.6. The highest BCUT2D eigenvalue weighted by atomic mass is 16.4. The van der Waals surface area contributed by atoms with Gasteiger partial charge in [0.2, 0.25) is 0 Å². The molecule has 2 aliphatic rings. The number of carbonyl (C=O) groups is 3. The summed E-state index contributed by atoms with van der Waals surface area (Å²) in [6.45, 7) is 11.8. The van der Waals surface area contributed by atoms with Crippen molar-refractivity contribution in [3.05, 3.63) is 75.9 Å². The van der Waals surface area contributed by atoms with Crippen molar-refractivity contribution in [3.63, 3.8) is 0 Å². The minimum Gasteiger partial charge on any atom is -0.481 e. The van der Waals surface area contributed by atoms with Gasteiger partial charge in [0.05, 0.1) is 22.8 Å². The maximum absolute atomic E-state index is 11.6. The number of allylic oxidation sites excluding steroid dienone is 4. The summed E-state index contributed by atoms with van der Waals surface area (Å²) >= 11 is 0. The highest BCUT2D eigenvalue weighted by Gasteiger charge is 2.22. The molecular weight excluding hydrogens is 572 g/mol. The van der Waals surface area contributed by atoms with Crippen LogP contribution in [0.5, 0.6) is 0 Å². The van der Waals surface area contributed by atoms with Crippen molar-refractivity contribution in [2.75, 3.05) is 0 Å². The molecule has 0 saturated carbocycles. The molecule has 0 spiro atoms. The summed E-state index contributed by atoms with van der Waals surface area (Å²) < 4.78 is 0. The van der Waals surface area contributed by atoms with Crippen LogP contribution in [0.2, 0.25) is 0 Å². The first-order chi connectivity index (χ1) is 21.4. The molecule has 0 atom stereocenters. The SMILES string of the molecule is C=Cc1c(C)c2cc3nc(cc4nc(cc5[nH]c(cc1[nH]2)c(C)c5CCC(=O)O)C(CCC(=O)O)=C4C)C(C)=C3CCC(=O)O. The first-order valence-electron chi connectivity index (χ1n) is 14.8. The molecule has 0 saturated heterocycles. The molecule has 5 heterocycles. The van der Waals surface area contributed by atoms with E-state index in [0.29, 0.717) is 41.1 Å². The van der Waals surface area contributed by atoms with Crippen molar-refractivity contribution in [2.45, 2.75) is 66.2 Å². The zero-order chi connectivity index (χ0) is 32.6. The number of hydrogen-bond donors (Lipinski definition) is 5. The lowest BCUT2D eigenvalue weighted by Crippen LogP contribution is -1.98. The molecule has 45 heavy (non-hydrogen) atoms. The number of aromatic amines is 2. The first kappa shape index (κ1) is 31.2. The summed E-state index contributed by atoms with van der Waals surface area (Å²) in [5.74, 6) is -2.72. The molecule has 5 N–H and O–H groups in total. The Kier molecular flexibility index (Phi) is 8.59. The smallest absolute Gasteiger partial charge is 0.303 e. The molecular formula is C35H36N4O6. The molecule has 232 valence electrons. The van der Waals surface area contributed by atoms with Crippen molar-refractivity contribution in [1.82, 2.24) is 19.9 Å². The Morgan fingerprint density at radius 2 is 1.11 bits per heavy atom. The molecule has 3 aromatic heterocycles. The van der Waals surface area contributed by atoms with Crippen LogP contribution in [0.3, 0.4) is 0 Å². The third-order valence-corrected chi connectivity index (χ3v) is 8.69. The molecule has 0 aromatic carbocycles. The largest absolute Gasteiger partial charge is 0.481 e. The van der Waals surface area contributed by atoms with Crippen LogP contribution < -0.4 is 0 Å². The summed E-state index contributed by atoms with van der Waals surface area (Å²) in [4.78, 5) is 51.5. The maximum Gasteiger partial charge on any atom is 0.303 e. The number of rotatable bonds is 10. The number of H-pyrrole nitrogens is 2. The van der Waals surface area contributed by atoms with Crippen LogP contribution in [0.15, 0.2) is 30.8 Å². The van der Waals surface area contributed by atoms with Crippen molar-refractivity contribution >= 4 is 68.3 Å². The number of aromatic nitrogens is 4. The van der Waals surface area contributed by atoms with Crippen LogP contribution in [0.4, 0.5) is 0 Å². The molecule has 0 radical (unpaired) electrons. The summed E-state index contributed by atoms with van der Waals surface area (Å²) in [7, 11) is 0. The summed E-state index contributed by atoms with van der Waals surface area (Å²) in [5, 5.41) is 28.4. The summed E-state index contributed by atoms with van der Waals surface area (Å²) in [5.41, 5.74) is 12.6. The van der Waals surface area contributed by atoms with Crippen LogP contribution in [-0.4, -0.2) is 53.2 Å². The minimum atomic E-state index is -0.921. The highest BCUT2D eigenvalue weighted by Crippen LogP contribution is 2.38. The molecule has 2 aliphatic heterocycles. The van der Waals surface area contributed by atoms with Gasteiger partial charge in [-0.15, -0.1) is 0 Å². The van der Waals surface area contributed by atoms with Gasteiger partial charge < -0.3 is 25.3 Å². The Hall–Kier alpha value is -5.25. The molecule has 0 aliphatic carbocycles. The monoisotopic (exact) mass is 608 g/mol. The lowest BCUT2D eigenvalue weighted by atomic mass is 9.99. The van der Waals surface area contributed by atoms with Crippen molar-refractivity contribution in [3.8, 4) is 0 Å². The number of aliphatic carboxylic acids is 3. The molecule has 10 nitrogen and oxygen atoms in total. The fourth-order valence-electron chi connectivity index (χ4n) is 6.09. The molecule has 3 aromatic rings. The molecule has 0 fully saturated rings. The number of aryl methyl sites for hydroxylation is 3. The number of carboxylic acid groups (broad SMARTS) is 3. The van der Waals surface area contributed by atoms with Gasteiger partial charge in [-0.05, 0) is 110 Å².